The van der Waals surface area contributed by atoms with Gasteiger partial charge in [-0.2, -0.15) is 0 Å². The van der Waals surface area contributed by atoms with Crippen LogP contribution in [-0.2, 0) is 0 Å². The van der Waals surface area contributed by atoms with Crippen LogP contribution in [0, 0.1) is 19.7 Å². The Morgan fingerprint density at radius 3 is 2.07 bits per heavy atom. The Morgan fingerprint density at radius 2 is 1.61 bits per heavy atom. The number of amides is 2. The highest BCUT2D eigenvalue weighted by Crippen LogP contribution is 2.18. The van der Waals surface area contributed by atoms with E-state index in [-0.39, 0.29) is 11.0 Å². The van der Waals surface area contributed by atoms with Crippen LogP contribution >= 0.6 is 0 Å². The second-order valence-electron chi connectivity index (χ2n) is 7.74. The first-order valence-electron chi connectivity index (χ1n) is 8.79. The maximum atomic E-state index is 14.3. The third-order valence-electron chi connectivity index (χ3n) is 4.09. The Kier molecular flexibility index (Phi) is 6.26. The summed E-state index contributed by atoms with van der Waals surface area (Å²) in [6.45, 7) is 8.98. The number of hydrogen-bond acceptors (Lipinski definition) is 4. The highest BCUT2D eigenvalue weighted by Gasteiger charge is 2.30. The molecule has 0 radical (unpaired) electrons. The number of carbonyl (C=O) groups excluding carboxylic acids is 2. The summed E-state index contributed by atoms with van der Waals surface area (Å²) in [7, 11) is -1.84. The average molecular weight is 386 g/mol. The molecule has 0 saturated heterocycles. The van der Waals surface area contributed by atoms with Gasteiger partial charge in [0.2, 0.25) is 0 Å². The lowest BCUT2D eigenvalue weighted by Crippen LogP contribution is -2.56. The van der Waals surface area contributed by atoms with Crippen LogP contribution in [0.1, 0.15) is 52.6 Å². The van der Waals surface area contributed by atoms with Gasteiger partial charge in [0.1, 0.15) is 5.82 Å². The Balaban J connectivity index is 2.35. The SMILES string of the molecule is Cc1cc(C)cc(C(=O)N(NC(=O)c2ccc(B(O)O)cc2F)C(C)(C)C)c1. The lowest BCUT2D eigenvalue weighted by Gasteiger charge is -2.35. The normalized spacial score (nSPS) is 11.1. The molecule has 2 aromatic carbocycles. The van der Waals surface area contributed by atoms with Crippen molar-refractivity contribution >= 4 is 24.4 Å². The predicted octanol–water partition coefficient (Wildman–Crippen LogP) is 1.71. The van der Waals surface area contributed by atoms with E-state index in [1.165, 1.54) is 6.07 Å². The highest BCUT2D eigenvalue weighted by molar-refractivity contribution is 6.58. The number of carbonyl (C=O) groups is 2. The number of nitrogens with one attached hydrogen (secondary N) is 1. The number of nitrogens with zero attached hydrogens (tertiary/aromatic N) is 1. The second kappa shape index (κ2) is 8.12. The van der Waals surface area contributed by atoms with Crippen LogP contribution in [-0.4, -0.2) is 39.5 Å². The van der Waals surface area contributed by atoms with E-state index in [0.29, 0.717) is 5.56 Å². The van der Waals surface area contributed by atoms with Crippen molar-refractivity contribution < 1.29 is 24.0 Å². The summed E-state index contributed by atoms with van der Waals surface area (Å²) in [5.74, 6) is -2.16. The summed E-state index contributed by atoms with van der Waals surface area (Å²) >= 11 is 0. The van der Waals surface area contributed by atoms with Gasteiger partial charge >= 0.3 is 7.12 Å². The van der Waals surface area contributed by atoms with Crippen molar-refractivity contribution in [2.24, 2.45) is 0 Å². The topological polar surface area (TPSA) is 89.9 Å². The summed E-state index contributed by atoms with van der Waals surface area (Å²) in [4.78, 5) is 25.6. The molecule has 28 heavy (non-hydrogen) atoms. The van der Waals surface area contributed by atoms with Gasteiger partial charge in [-0.25, -0.2) is 9.40 Å². The Bertz CT molecular complexity index is 889. The van der Waals surface area contributed by atoms with Crippen molar-refractivity contribution in [2.75, 3.05) is 0 Å². The Labute approximate surface area is 164 Å². The Hall–Kier alpha value is -2.71. The zero-order valence-corrected chi connectivity index (χ0v) is 16.6. The van der Waals surface area contributed by atoms with E-state index in [9.17, 15) is 14.0 Å². The maximum Gasteiger partial charge on any atom is 0.488 e. The third-order valence-corrected chi connectivity index (χ3v) is 4.09. The highest BCUT2D eigenvalue weighted by atomic mass is 19.1. The largest absolute Gasteiger partial charge is 0.488 e. The fourth-order valence-corrected chi connectivity index (χ4v) is 2.79. The maximum absolute atomic E-state index is 14.3. The van der Waals surface area contributed by atoms with Gasteiger partial charge in [-0.05, 0) is 64.3 Å². The van der Waals surface area contributed by atoms with E-state index in [1.54, 1.807) is 32.9 Å². The summed E-state index contributed by atoms with van der Waals surface area (Å²) in [5, 5.41) is 19.4. The first kappa shape index (κ1) is 21.6. The number of aryl methyl sites for hydroxylation is 2. The molecule has 0 aliphatic carbocycles. The zero-order valence-electron chi connectivity index (χ0n) is 16.6. The molecular weight excluding hydrogens is 362 g/mol. The minimum Gasteiger partial charge on any atom is -0.423 e. The second-order valence-corrected chi connectivity index (χ2v) is 7.74. The lowest BCUT2D eigenvalue weighted by atomic mass is 9.80. The molecule has 0 bridgehead atoms. The molecule has 0 aromatic heterocycles. The molecule has 2 rings (SSSR count). The van der Waals surface area contributed by atoms with Crippen LogP contribution in [0.2, 0.25) is 0 Å². The minimum atomic E-state index is -1.84. The molecule has 0 heterocycles. The molecule has 2 aromatic rings. The quantitative estimate of drug-likeness (QED) is 0.554. The molecule has 0 fully saturated rings. The monoisotopic (exact) mass is 386 g/mol. The molecule has 0 atom stereocenters. The van der Waals surface area contributed by atoms with E-state index in [0.717, 1.165) is 28.3 Å². The van der Waals surface area contributed by atoms with Crippen molar-refractivity contribution in [3.8, 4) is 0 Å². The lowest BCUT2D eigenvalue weighted by molar-refractivity contribution is 0.0357. The van der Waals surface area contributed by atoms with E-state index >= 15 is 0 Å². The van der Waals surface area contributed by atoms with Gasteiger partial charge in [0.15, 0.2) is 0 Å². The van der Waals surface area contributed by atoms with E-state index < -0.39 is 30.3 Å². The van der Waals surface area contributed by atoms with Crippen molar-refractivity contribution in [1.82, 2.24) is 10.4 Å². The molecule has 0 spiro atoms. The minimum absolute atomic E-state index is 0.0759. The van der Waals surface area contributed by atoms with E-state index in [1.807, 2.05) is 19.9 Å². The van der Waals surface area contributed by atoms with Gasteiger partial charge in [-0.15, -0.1) is 0 Å². The molecule has 0 aliphatic rings. The van der Waals surface area contributed by atoms with Crippen molar-refractivity contribution in [2.45, 2.75) is 40.2 Å². The van der Waals surface area contributed by atoms with Gasteiger partial charge in [-0.3, -0.25) is 15.0 Å². The van der Waals surface area contributed by atoms with Crippen LogP contribution < -0.4 is 10.9 Å². The molecule has 2 amide bonds. The summed E-state index contributed by atoms with van der Waals surface area (Å²) < 4.78 is 14.3. The van der Waals surface area contributed by atoms with Crippen molar-refractivity contribution in [3.63, 3.8) is 0 Å². The van der Waals surface area contributed by atoms with Crippen LogP contribution in [0.3, 0.4) is 0 Å². The summed E-state index contributed by atoms with van der Waals surface area (Å²) in [6.07, 6.45) is 0. The first-order chi connectivity index (χ1) is 12.9. The van der Waals surface area contributed by atoms with Crippen LogP contribution in [0.5, 0.6) is 0 Å². The number of hydrogen-bond donors (Lipinski definition) is 3. The zero-order chi connectivity index (χ0) is 21.2. The van der Waals surface area contributed by atoms with Crippen LogP contribution in [0.15, 0.2) is 36.4 Å². The standard InChI is InChI=1S/C20H24BFN2O4/c1-12-8-13(2)10-14(9-12)19(26)24(20(3,4)5)23-18(25)16-7-6-15(21(27)28)11-17(16)22/h6-11,27-28H,1-5H3,(H,23,25). The number of hydrazine groups is 1. The fourth-order valence-electron chi connectivity index (χ4n) is 2.79. The van der Waals surface area contributed by atoms with Crippen LogP contribution in [0.4, 0.5) is 4.39 Å². The molecule has 6 nitrogen and oxygen atoms in total. The number of benzene rings is 2. The number of rotatable bonds is 3. The molecular formula is C20H24BFN2O4. The molecule has 0 saturated carbocycles. The molecule has 148 valence electrons. The molecule has 8 heteroatoms. The summed E-state index contributed by atoms with van der Waals surface area (Å²) in [5.41, 5.74) is 3.54. The fraction of sp³-hybridized carbons (Fsp3) is 0.300. The molecule has 0 aliphatic heterocycles. The van der Waals surface area contributed by atoms with Gasteiger partial charge in [0.25, 0.3) is 11.8 Å². The smallest absolute Gasteiger partial charge is 0.423 e. The van der Waals surface area contributed by atoms with E-state index in [4.69, 9.17) is 10.0 Å². The average Bonchev–Trinajstić information content (AvgIpc) is 2.56. The first-order valence-corrected chi connectivity index (χ1v) is 8.79. The molecule has 0 unspecified atom stereocenters. The van der Waals surface area contributed by atoms with E-state index in [2.05, 4.69) is 5.43 Å². The van der Waals surface area contributed by atoms with Crippen molar-refractivity contribution in [1.29, 1.82) is 0 Å². The van der Waals surface area contributed by atoms with Gasteiger partial charge in [0.05, 0.1) is 11.1 Å². The van der Waals surface area contributed by atoms with Gasteiger partial charge < -0.3 is 10.0 Å². The predicted molar refractivity (Wildman–Crippen MR) is 106 cm³/mol. The summed E-state index contributed by atoms with van der Waals surface area (Å²) in [6, 6.07) is 8.62. The van der Waals surface area contributed by atoms with Gasteiger partial charge in [0, 0.05) is 5.56 Å². The Morgan fingerprint density at radius 1 is 1.04 bits per heavy atom. The molecule has 3 N–H and O–H groups in total. The third kappa shape index (κ3) is 4.96. The van der Waals surface area contributed by atoms with Crippen LogP contribution in [0.25, 0.3) is 0 Å². The number of halogens is 1. The van der Waals surface area contributed by atoms with Crippen molar-refractivity contribution in [3.05, 3.63) is 64.5 Å². The van der Waals surface area contributed by atoms with Gasteiger partial charge in [-0.1, -0.05) is 23.3 Å².